The van der Waals surface area contributed by atoms with Crippen LogP contribution in [0.1, 0.15) is 6.92 Å². The van der Waals surface area contributed by atoms with Gasteiger partial charge >= 0.3 is 0 Å². The van der Waals surface area contributed by atoms with Crippen molar-refractivity contribution in [2.75, 3.05) is 25.0 Å². The van der Waals surface area contributed by atoms with Gasteiger partial charge in [0.05, 0.1) is 6.54 Å². The molecule has 2 unspecified atom stereocenters. The van der Waals surface area contributed by atoms with E-state index in [1.807, 2.05) is 4.90 Å². The largest absolute Gasteiger partial charge is 0.326 e. The first-order valence-corrected chi connectivity index (χ1v) is 6.08. The van der Waals surface area contributed by atoms with E-state index in [1.54, 1.807) is 12.1 Å². The van der Waals surface area contributed by atoms with E-state index in [-0.39, 0.29) is 17.8 Å². The van der Waals surface area contributed by atoms with Crippen molar-refractivity contribution in [2.24, 2.45) is 11.7 Å². The van der Waals surface area contributed by atoms with Gasteiger partial charge in [-0.1, -0.05) is 6.92 Å². The Kier molecular flexibility index (Phi) is 3.93. The number of amides is 1. The average molecular weight is 251 g/mol. The van der Waals surface area contributed by atoms with Gasteiger partial charge in [0.1, 0.15) is 5.82 Å². The molecule has 0 aliphatic carbocycles. The number of carbonyl (C=O) groups excluding carboxylic acids is 1. The second-order valence-corrected chi connectivity index (χ2v) is 4.89. The predicted molar refractivity (Wildman–Crippen MR) is 68.6 cm³/mol. The van der Waals surface area contributed by atoms with E-state index >= 15 is 0 Å². The van der Waals surface area contributed by atoms with Crippen LogP contribution < -0.4 is 11.1 Å². The molecule has 1 aliphatic rings. The van der Waals surface area contributed by atoms with Crippen molar-refractivity contribution in [1.29, 1.82) is 0 Å². The van der Waals surface area contributed by atoms with Gasteiger partial charge in [0.2, 0.25) is 5.91 Å². The van der Waals surface area contributed by atoms with Gasteiger partial charge < -0.3 is 11.1 Å². The minimum Gasteiger partial charge on any atom is -0.326 e. The van der Waals surface area contributed by atoms with Crippen molar-refractivity contribution in [3.05, 3.63) is 30.1 Å². The number of halogens is 1. The van der Waals surface area contributed by atoms with Crippen LogP contribution in [0.5, 0.6) is 0 Å². The van der Waals surface area contributed by atoms with E-state index in [0.717, 1.165) is 13.1 Å². The summed E-state index contributed by atoms with van der Waals surface area (Å²) in [5.41, 5.74) is 6.51. The molecule has 1 fully saturated rings. The number of nitrogens with zero attached hydrogens (tertiary/aromatic N) is 1. The maximum absolute atomic E-state index is 12.7. The van der Waals surface area contributed by atoms with Gasteiger partial charge in [-0.3, -0.25) is 9.69 Å². The Bertz CT molecular complexity index is 411. The quantitative estimate of drug-likeness (QED) is 0.844. The van der Waals surface area contributed by atoms with Gasteiger partial charge in [-0.2, -0.15) is 0 Å². The number of hydrogen-bond acceptors (Lipinski definition) is 3. The standard InChI is InChI=1S/C13H18FN3O/c1-9-6-17(7-12(9)15)8-13(18)16-11-4-2-10(14)3-5-11/h2-5,9,12H,6-8,15H2,1H3,(H,16,18). The second kappa shape index (κ2) is 5.46. The van der Waals surface area contributed by atoms with Crippen molar-refractivity contribution < 1.29 is 9.18 Å². The van der Waals surface area contributed by atoms with E-state index in [9.17, 15) is 9.18 Å². The minimum absolute atomic E-state index is 0.0945. The zero-order valence-corrected chi connectivity index (χ0v) is 10.4. The molecular weight excluding hydrogens is 233 g/mol. The number of hydrogen-bond donors (Lipinski definition) is 2. The van der Waals surface area contributed by atoms with Crippen LogP contribution in [-0.4, -0.2) is 36.5 Å². The van der Waals surface area contributed by atoms with Gasteiger partial charge in [-0.15, -0.1) is 0 Å². The Balaban J connectivity index is 1.84. The van der Waals surface area contributed by atoms with E-state index < -0.39 is 0 Å². The summed E-state index contributed by atoms with van der Waals surface area (Å²) < 4.78 is 12.7. The summed E-state index contributed by atoms with van der Waals surface area (Å²) in [6.45, 7) is 4.01. The fourth-order valence-electron chi connectivity index (χ4n) is 2.16. The van der Waals surface area contributed by atoms with E-state index in [1.165, 1.54) is 12.1 Å². The van der Waals surface area contributed by atoms with Crippen molar-refractivity contribution in [2.45, 2.75) is 13.0 Å². The molecule has 0 spiro atoms. The van der Waals surface area contributed by atoms with E-state index in [4.69, 9.17) is 5.73 Å². The minimum atomic E-state index is -0.313. The van der Waals surface area contributed by atoms with Crippen molar-refractivity contribution in [1.82, 2.24) is 4.90 Å². The normalized spacial score (nSPS) is 24.2. The van der Waals surface area contributed by atoms with Gasteiger partial charge in [-0.05, 0) is 30.2 Å². The van der Waals surface area contributed by atoms with Gasteiger partial charge in [0.15, 0.2) is 0 Å². The molecule has 1 aromatic carbocycles. The number of carbonyl (C=O) groups is 1. The average Bonchev–Trinajstić information content (AvgIpc) is 2.61. The molecule has 2 rings (SSSR count). The lowest BCUT2D eigenvalue weighted by molar-refractivity contribution is -0.117. The third kappa shape index (κ3) is 3.27. The molecule has 18 heavy (non-hydrogen) atoms. The number of anilines is 1. The Morgan fingerprint density at radius 3 is 2.67 bits per heavy atom. The molecule has 1 aliphatic heterocycles. The molecular formula is C13H18FN3O. The Morgan fingerprint density at radius 1 is 1.44 bits per heavy atom. The summed E-state index contributed by atoms with van der Waals surface area (Å²) in [7, 11) is 0. The monoisotopic (exact) mass is 251 g/mol. The molecule has 1 aromatic rings. The Labute approximate surface area is 106 Å². The van der Waals surface area contributed by atoms with Crippen LogP contribution in [0, 0.1) is 11.7 Å². The smallest absolute Gasteiger partial charge is 0.238 e. The van der Waals surface area contributed by atoms with Gasteiger partial charge in [0, 0.05) is 24.8 Å². The molecule has 0 saturated carbocycles. The molecule has 2 atom stereocenters. The van der Waals surface area contributed by atoms with Crippen molar-refractivity contribution in [3.8, 4) is 0 Å². The zero-order valence-electron chi connectivity index (χ0n) is 10.4. The summed E-state index contributed by atoms with van der Waals surface area (Å²) in [6, 6.07) is 5.88. The zero-order chi connectivity index (χ0) is 13.1. The second-order valence-electron chi connectivity index (χ2n) is 4.89. The van der Waals surface area contributed by atoms with Crippen LogP contribution >= 0.6 is 0 Å². The fraction of sp³-hybridized carbons (Fsp3) is 0.462. The first-order chi connectivity index (χ1) is 8.54. The lowest BCUT2D eigenvalue weighted by atomic mass is 10.1. The highest BCUT2D eigenvalue weighted by molar-refractivity contribution is 5.92. The fourth-order valence-corrected chi connectivity index (χ4v) is 2.16. The molecule has 1 heterocycles. The lowest BCUT2D eigenvalue weighted by Crippen LogP contribution is -2.33. The molecule has 4 nitrogen and oxygen atoms in total. The van der Waals surface area contributed by atoms with Crippen LogP contribution in [0.25, 0.3) is 0 Å². The molecule has 0 bridgehead atoms. The molecule has 98 valence electrons. The Hall–Kier alpha value is -1.46. The molecule has 0 aromatic heterocycles. The van der Waals surface area contributed by atoms with Crippen molar-refractivity contribution in [3.63, 3.8) is 0 Å². The maximum Gasteiger partial charge on any atom is 0.238 e. The number of nitrogens with two attached hydrogens (primary N) is 1. The summed E-state index contributed by atoms with van der Waals surface area (Å²) in [5, 5.41) is 2.74. The van der Waals surface area contributed by atoms with Gasteiger partial charge in [0.25, 0.3) is 0 Å². The highest BCUT2D eigenvalue weighted by Gasteiger charge is 2.27. The molecule has 5 heteroatoms. The SMILES string of the molecule is CC1CN(CC(=O)Nc2ccc(F)cc2)CC1N. The number of nitrogens with one attached hydrogen (secondary N) is 1. The highest BCUT2D eigenvalue weighted by atomic mass is 19.1. The van der Waals surface area contributed by atoms with Crippen molar-refractivity contribution >= 4 is 11.6 Å². The van der Waals surface area contributed by atoms with Crippen LogP contribution in [0.4, 0.5) is 10.1 Å². The first-order valence-electron chi connectivity index (χ1n) is 6.08. The van der Waals surface area contributed by atoms with E-state index in [2.05, 4.69) is 12.2 Å². The third-order valence-electron chi connectivity index (χ3n) is 3.24. The topological polar surface area (TPSA) is 58.4 Å². The van der Waals surface area contributed by atoms with Crippen LogP contribution in [0.15, 0.2) is 24.3 Å². The van der Waals surface area contributed by atoms with E-state index in [0.29, 0.717) is 18.2 Å². The summed E-state index contributed by atoms with van der Waals surface area (Å²) >= 11 is 0. The van der Waals surface area contributed by atoms with Crippen LogP contribution in [0.3, 0.4) is 0 Å². The van der Waals surface area contributed by atoms with Gasteiger partial charge in [-0.25, -0.2) is 4.39 Å². The molecule has 1 saturated heterocycles. The van der Waals surface area contributed by atoms with Crippen LogP contribution in [0.2, 0.25) is 0 Å². The molecule has 0 radical (unpaired) electrons. The number of benzene rings is 1. The Morgan fingerprint density at radius 2 is 2.11 bits per heavy atom. The third-order valence-corrected chi connectivity index (χ3v) is 3.24. The summed E-state index contributed by atoms with van der Waals surface area (Å²) in [5.74, 6) is 0.0128. The maximum atomic E-state index is 12.7. The van der Waals surface area contributed by atoms with Crippen LogP contribution in [-0.2, 0) is 4.79 Å². The highest BCUT2D eigenvalue weighted by Crippen LogP contribution is 2.14. The number of rotatable bonds is 3. The summed E-state index contributed by atoms with van der Waals surface area (Å²) in [6.07, 6.45) is 0. The number of likely N-dealkylation sites (tertiary alicyclic amines) is 1. The first kappa shape index (κ1) is 13.0. The predicted octanol–water partition coefficient (Wildman–Crippen LogP) is 1.04. The lowest BCUT2D eigenvalue weighted by Gasteiger charge is -2.14. The molecule has 3 N–H and O–H groups in total. The summed E-state index contributed by atoms with van der Waals surface area (Å²) in [4.78, 5) is 13.8. The molecule has 1 amide bonds.